The van der Waals surface area contributed by atoms with Gasteiger partial charge in [-0.2, -0.15) is 0 Å². The molecule has 1 N–H and O–H groups in total. The number of carbonyl (C=O) groups excluding carboxylic acids is 1. The molecule has 0 spiro atoms. The van der Waals surface area contributed by atoms with E-state index in [9.17, 15) is 4.79 Å². The Kier molecular flexibility index (Phi) is 5.65. The van der Waals surface area contributed by atoms with Gasteiger partial charge in [0, 0.05) is 25.7 Å². The van der Waals surface area contributed by atoms with Crippen molar-refractivity contribution in [3.05, 3.63) is 42.1 Å². The number of hydrogen-bond acceptors (Lipinski definition) is 5. The normalized spacial score (nSPS) is 16.8. The molecule has 2 aromatic rings. The van der Waals surface area contributed by atoms with Crippen molar-refractivity contribution in [1.29, 1.82) is 0 Å². The lowest BCUT2D eigenvalue weighted by molar-refractivity contribution is 0.0938. The van der Waals surface area contributed by atoms with Gasteiger partial charge in [-0.15, -0.1) is 5.10 Å². The van der Waals surface area contributed by atoms with Crippen LogP contribution in [0.15, 0.2) is 35.1 Å². The molecule has 1 fully saturated rings. The lowest BCUT2D eigenvalue weighted by Crippen LogP contribution is -2.35. The molecule has 0 unspecified atom stereocenters. The van der Waals surface area contributed by atoms with Crippen molar-refractivity contribution in [3.8, 4) is 0 Å². The molecule has 0 radical (unpaired) electrons. The maximum absolute atomic E-state index is 12.0. The topological polar surface area (TPSA) is 76.2 Å². The van der Waals surface area contributed by atoms with Crippen LogP contribution >= 0.6 is 0 Å². The zero-order valence-corrected chi connectivity index (χ0v) is 14.8. The molecule has 1 amide bonds. The largest absolute Gasteiger partial charge is 0.465 e. The fourth-order valence-corrected chi connectivity index (χ4v) is 2.97. The Morgan fingerprint density at radius 3 is 2.92 bits per heavy atom. The molecule has 1 aliphatic heterocycles. The molecular formula is C18H25N5O2. The van der Waals surface area contributed by atoms with Crippen molar-refractivity contribution >= 4 is 12.0 Å². The summed E-state index contributed by atoms with van der Waals surface area (Å²) in [4.78, 5) is 14.4. The van der Waals surface area contributed by atoms with E-state index in [1.54, 1.807) is 12.5 Å². The summed E-state index contributed by atoms with van der Waals surface area (Å²) in [6, 6.07) is 4.23. The van der Waals surface area contributed by atoms with Crippen LogP contribution in [0.25, 0.3) is 6.08 Å². The highest BCUT2D eigenvalue weighted by Gasteiger charge is 2.22. The quantitative estimate of drug-likeness (QED) is 0.871. The summed E-state index contributed by atoms with van der Waals surface area (Å²) in [5.74, 6) is 0.714. The van der Waals surface area contributed by atoms with E-state index in [4.69, 9.17) is 4.42 Å². The Hall–Kier alpha value is -2.41. The number of furan rings is 1. The van der Waals surface area contributed by atoms with Gasteiger partial charge in [0.15, 0.2) is 5.69 Å². The lowest BCUT2D eigenvalue weighted by atomic mass is 10.1. The van der Waals surface area contributed by atoms with Crippen molar-refractivity contribution < 1.29 is 9.21 Å². The van der Waals surface area contributed by atoms with Gasteiger partial charge in [0.25, 0.3) is 5.91 Å². The number of carbonyl (C=O) groups is 1. The van der Waals surface area contributed by atoms with E-state index in [2.05, 4.69) is 26.6 Å². The van der Waals surface area contributed by atoms with E-state index in [0.717, 1.165) is 38.2 Å². The van der Waals surface area contributed by atoms with E-state index in [1.807, 2.05) is 36.7 Å². The molecule has 0 bridgehead atoms. The van der Waals surface area contributed by atoms with Crippen LogP contribution in [0.1, 0.15) is 49.0 Å². The Morgan fingerprint density at radius 1 is 1.44 bits per heavy atom. The average Bonchev–Trinajstić information content (AvgIpc) is 3.27. The van der Waals surface area contributed by atoms with Crippen LogP contribution in [0.4, 0.5) is 0 Å². The number of likely N-dealkylation sites (tertiary alicyclic amines) is 1. The van der Waals surface area contributed by atoms with Crippen LogP contribution in [0.2, 0.25) is 0 Å². The molecule has 1 saturated heterocycles. The molecule has 0 aliphatic carbocycles. The van der Waals surface area contributed by atoms with Gasteiger partial charge in [0.05, 0.1) is 18.5 Å². The summed E-state index contributed by atoms with van der Waals surface area (Å²) >= 11 is 0. The second kappa shape index (κ2) is 8.11. The highest BCUT2D eigenvalue weighted by molar-refractivity contribution is 5.91. The lowest BCUT2D eigenvalue weighted by Gasteiger charge is -2.30. The minimum absolute atomic E-state index is 0.0927. The van der Waals surface area contributed by atoms with Crippen LogP contribution in [0.5, 0.6) is 0 Å². The molecule has 7 heteroatoms. The Labute approximate surface area is 147 Å². The average molecular weight is 343 g/mol. The molecule has 25 heavy (non-hydrogen) atoms. The van der Waals surface area contributed by atoms with Crippen molar-refractivity contribution in [1.82, 2.24) is 25.2 Å². The SMILES string of the molecule is CC(C)NC(=O)c1cn(C2CCN(C/C=C/c3ccco3)CC2)nn1. The van der Waals surface area contributed by atoms with Crippen LogP contribution in [0.3, 0.4) is 0 Å². The fourth-order valence-electron chi connectivity index (χ4n) is 2.97. The van der Waals surface area contributed by atoms with Crippen LogP contribution in [0, 0.1) is 0 Å². The minimum Gasteiger partial charge on any atom is -0.465 e. The molecule has 134 valence electrons. The molecule has 2 aromatic heterocycles. The summed E-state index contributed by atoms with van der Waals surface area (Å²) in [6.07, 6.45) is 9.58. The molecule has 3 heterocycles. The van der Waals surface area contributed by atoms with E-state index >= 15 is 0 Å². The van der Waals surface area contributed by atoms with Crippen LogP contribution in [-0.4, -0.2) is 51.5 Å². The number of piperidine rings is 1. The molecule has 0 saturated carbocycles. The molecule has 0 atom stereocenters. The number of hydrogen-bond donors (Lipinski definition) is 1. The molecule has 1 aliphatic rings. The van der Waals surface area contributed by atoms with Gasteiger partial charge in [-0.05, 0) is 44.9 Å². The first-order valence-electron chi connectivity index (χ1n) is 8.77. The molecule has 3 rings (SSSR count). The monoisotopic (exact) mass is 343 g/mol. The van der Waals surface area contributed by atoms with Gasteiger partial charge in [0.1, 0.15) is 5.76 Å². The van der Waals surface area contributed by atoms with Gasteiger partial charge in [-0.25, -0.2) is 4.68 Å². The number of rotatable bonds is 6. The Balaban J connectivity index is 1.47. The first kappa shape index (κ1) is 17.4. The van der Waals surface area contributed by atoms with Gasteiger partial charge < -0.3 is 9.73 Å². The molecule has 0 aromatic carbocycles. The third-order valence-electron chi connectivity index (χ3n) is 4.28. The van der Waals surface area contributed by atoms with Crippen molar-refractivity contribution in [2.75, 3.05) is 19.6 Å². The van der Waals surface area contributed by atoms with Crippen molar-refractivity contribution in [3.63, 3.8) is 0 Å². The third-order valence-corrected chi connectivity index (χ3v) is 4.28. The molecular weight excluding hydrogens is 318 g/mol. The third kappa shape index (κ3) is 4.79. The summed E-state index contributed by atoms with van der Waals surface area (Å²) in [5, 5.41) is 11.0. The Bertz CT molecular complexity index is 697. The van der Waals surface area contributed by atoms with E-state index in [-0.39, 0.29) is 11.9 Å². The zero-order valence-electron chi connectivity index (χ0n) is 14.8. The first-order valence-corrected chi connectivity index (χ1v) is 8.77. The van der Waals surface area contributed by atoms with Crippen LogP contribution < -0.4 is 5.32 Å². The summed E-state index contributed by atoms with van der Waals surface area (Å²) in [7, 11) is 0. The summed E-state index contributed by atoms with van der Waals surface area (Å²) in [6.45, 7) is 6.77. The zero-order chi connectivity index (χ0) is 17.6. The predicted molar refractivity (Wildman–Crippen MR) is 95.1 cm³/mol. The number of nitrogens with one attached hydrogen (secondary N) is 1. The summed E-state index contributed by atoms with van der Waals surface area (Å²) < 4.78 is 7.13. The second-order valence-corrected chi connectivity index (χ2v) is 6.66. The number of nitrogens with zero attached hydrogens (tertiary/aromatic N) is 4. The van der Waals surface area contributed by atoms with E-state index in [0.29, 0.717) is 11.7 Å². The van der Waals surface area contributed by atoms with Gasteiger partial charge in [0.2, 0.25) is 0 Å². The maximum Gasteiger partial charge on any atom is 0.273 e. The standard InChI is InChI=1S/C18H25N5O2/c1-14(2)19-18(24)17-13-23(21-20-17)15-7-10-22(11-8-15)9-3-5-16-6-4-12-25-16/h3-6,12-15H,7-11H2,1-2H3,(H,19,24)/b5-3+. The summed E-state index contributed by atoms with van der Waals surface area (Å²) in [5.41, 5.74) is 0.387. The maximum atomic E-state index is 12.0. The minimum atomic E-state index is -0.165. The highest BCUT2D eigenvalue weighted by atomic mass is 16.3. The Morgan fingerprint density at radius 2 is 2.24 bits per heavy atom. The number of aromatic nitrogens is 3. The van der Waals surface area contributed by atoms with E-state index in [1.165, 1.54) is 0 Å². The number of amides is 1. The first-order chi connectivity index (χ1) is 12.1. The highest BCUT2D eigenvalue weighted by Crippen LogP contribution is 2.21. The van der Waals surface area contributed by atoms with Gasteiger partial charge >= 0.3 is 0 Å². The van der Waals surface area contributed by atoms with Crippen molar-refractivity contribution in [2.45, 2.75) is 38.8 Å². The van der Waals surface area contributed by atoms with Gasteiger partial charge in [-0.1, -0.05) is 11.3 Å². The molecule has 7 nitrogen and oxygen atoms in total. The second-order valence-electron chi connectivity index (χ2n) is 6.66. The fraction of sp³-hybridized carbons (Fsp3) is 0.500. The van der Waals surface area contributed by atoms with E-state index < -0.39 is 0 Å². The van der Waals surface area contributed by atoms with Gasteiger partial charge in [-0.3, -0.25) is 9.69 Å². The van der Waals surface area contributed by atoms with Crippen molar-refractivity contribution in [2.24, 2.45) is 0 Å². The predicted octanol–water partition coefficient (Wildman–Crippen LogP) is 2.36. The van der Waals surface area contributed by atoms with Crippen LogP contribution in [-0.2, 0) is 0 Å². The smallest absolute Gasteiger partial charge is 0.273 e.